The van der Waals surface area contributed by atoms with E-state index >= 15 is 0 Å². The molecule has 0 aliphatic carbocycles. The van der Waals surface area contributed by atoms with Crippen molar-refractivity contribution in [3.05, 3.63) is 34.7 Å². The van der Waals surface area contributed by atoms with Gasteiger partial charge in [-0.3, -0.25) is 4.79 Å². The highest BCUT2D eigenvalue weighted by atomic mass is 31.1. The van der Waals surface area contributed by atoms with Crippen molar-refractivity contribution in [2.24, 2.45) is 10.7 Å². The van der Waals surface area contributed by atoms with Gasteiger partial charge >= 0.3 is 5.91 Å². The van der Waals surface area contributed by atoms with Crippen LogP contribution in [0.3, 0.4) is 0 Å². The fourth-order valence-electron chi connectivity index (χ4n) is 0.845. The zero-order chi connectivity index (χ0) is 8.97. The molecule has 0 aliphatic heterocycles. The van der Waals surface area contributed by atoms with E-state index in [0.29, 0.717) is 10.9 Å². The van der Waals surface area contributed by atoms with Gasteiger partial charge in [0, 0.05) is 10.5 Å². The molecule has 0 fully saturated rings. The van der Waals surface area contributed by atoms with E-state index in [1.54, 1.807) is 24.3 Å². The van der Waals surface area contributed by atoms with Crippen LogP contribution in [-0.4, -0.2) is 5.91 Å². The number of rotatable bonds is 2. The predicted molar refractivity (Wildman–Crippen MR) is 48.7 cm³/mol. The number of carbonyl (C=O) groups is 1. The molecule has 5 heteroatoms. The maximum absolute atomic E-state index is 10.9. The summed E-state index contributed by atoms with van der Waals surface area (Å²) >= 11 is 0. The Morgan fingerprint density at radius 2 is 2.08 bits per heavy atom. The Labute approximate surface area is 71.0 Å². The van der Waals surface area contributed by atoms with Crippen LogP contribution in [0.15, 0.2) is 29.4 Å². The summed E-state index contributed by atoms with van der Waals surface area (Å²) in [5.41, 5.74) is 5.67. The first-order valence-electron chi connectivity index (χ1n) is 3.23. The Bertz CT molecular complexity index is 314. The van der Waals surface area contributed by atoms with Crippen molar-refractivity contribution in [3.63, 3.8) is 0 Å². The molecule has 1 amide bonds. The first-order valence-corrected chi connectivity index (χ1v) is 4.30. The van der Waals surface area contributed by atoms with Gasteiger partial charge in [0.25, 0.3) is 0 Å². The SMILES string of the molecule is NPc1ccccc1C(=O)N=O. The Hall–Kier alpha value is -1.12. The van der Waals surface area contributed by atoms with Crippen LogP contribution in [-0.2, 0) is 0 Å². The molecule has 0 saturated heterocycles. The fourth-order valence-corrected chi connectivity index (χ4v) is 1.38. The number of nitroso groups, excluding NO2 is 1. The number of hydrogen-bond donors (Lipinski definition) is 1. The van der Waals surface area contributed by atoms with E-state index < -0.39 is 5.91 Å². The lowest BCUT2D eigenvalue weighted by Gasteiger charge is -1.99. The van der Waals surface area contributed by atoms with Crippen molar-refractivity contribution in [1.29, 1.82) is 0 Å². The molecule has 1 rings (SSSR count). The van der Waals surface area contributed by atoms with Crippen LogP contribution in [0.25, 0.3) is 0 Å². The molecule has 1 aromatic rings. The number of nitrogens with two attached hydrogens (primary N) is 1. The molecule has 4 nitrogen and oxygen atoms in total. The molecule has 0 radical (unpaired) electrons. The number of amides is 1. The average molecular weight is 182 g/mol. The summed E-state index contributed by atoms with van der Waals surface area (Å²) in [7, 11) is 0.00495. The maximum Gasteiger partial charge on any atom is 0.317 e. The van der Waals surface area contributed by atoms with Crippen LogP contribution < -0.4 is 10.8 Å². The van der Waals surface area contributed by atoms with E-state index in [-0.39, 0.29) is 8.73 Å². The molecule has 0 aliphatic rings. The lowest BCUT2D eigenvalue weighted by Crippen LogP contribution is -2.10. The lowest BCUT2D eigenvalue weighted by atomic mass is 10.2. The summed E-state index contributed by atoms with van der Waals surface area (Å²) < 4.78 is 0. The van der Waals surface area contributed by atoms with Crippen LogP contribution in [0, 0.1) is 4.91 Å². The summed E-state index contributed by atoms with van der Waals surface area (Å²) in [5.74, 6) is -0.761. The van der Waals surface area contributed by atoms with Gasteiger partial charge in [-0.05, 0) is 14.8 Å². The Kier molecular flexibility index (Phi) is 3.02. The van der Waals surface area contributed by atoms with Gasteiger partial charge in [0.15, 0.2) is 0 Å². The highest BCUT2D eigenvalue weighted by Gasteiger charge is 2.08. The summed E-state index contributed by atoms with van der Waals surface area (Å²) in [4.78, 5) is 20.8. The standard InChI is InChI=1S/C7H7N2O2P/c8-12-6-4-2-1-3-5(6)7(10)9-11/h1-4,12H,8H2. The van der Waals surface area contributed by atoms with Gasteiger partial charge in [0.1, 0.15) is 0 Å². The second-order valence-corrected chi connectivity index (χ2v) is 2.91. The molecule has 0 aromatic heterocycles. The second kappa shape index (κ2) is 4.04. The third-order valence-electron chi connectivity index (χ3n) is 1.40. The highest BCUT2D eigenvalue weighted by Crippen LogP contribution is 2.06. The van der Waals surface area contributed by atoms with Gasteiger partial charge in [-0.25, -0.2) is 0 Å². The Morgan fingerprint density at radius 3 is 2.67 bits per heavy atom. The van der Waals surface area contributed by atoms with Gasteiger partial charge in [0.05, 0.1) is 5.56 Å². The maximum atomic E-state index is 10.9. The molecule has 0 spiro atoms. The molecule has 0 saturated carbocycles. The van der Waals surface area contributed by atoms with Gasteiger partial charge in [-0.2, -0.15) is 0 Å². The summed E-state index contributed by atoms with van der Waals surface area (Å²) in [6.45, 7) is 0. The summed E-state index contributed by atoms with van der Waals surface area (Å²) in [6, 6.07) is 6.68. The third kappa shape index (κ3) is 1.72. The first-order chi connectivity index (χ1) is 5.79. The molecular formula is C7H7N2O2P. The molecule has 1 atom stereocenters. The molecule has 0 heterocycles. The van der Waals surface area contributed by atoms with Crippen LogP contribution >= 0.6 is 8.73 Å². The van der Waals surface area contributed by atoms with Crippen LogP contribution in [0.5, 0.6) is 0 Å². The van der Waals surface area contributed by atoms with Crippen LogP contribution in [0.4, 0.5) is 0 Å². The van der Waals surface area contributed by atoms with Crippen LogP contribution in [0.2, 0.25) is 0 Å². The molecule has 1 unspecified atom stereocenters. The fraction of sp³-hybridized carbons (Fsp3) is 0. The van der Waals surface area contributed by atoms with E-state index in [4.69, 9.17) is 5.50 Å². The highest BCUT2D eigenvalue weighted by molar-refractivity contribution is 7.44. The minimum atomic E-state index is -0.761. The molecule has 62 valence electrons. The van der Waals surface area contributed by atoms with Gasteiger partial charge in [-0.15, -0.1) is 4.91 Å². The van der Waals surface area contributed by atoms with Gasteiger partial charge < -0.3 is 5.50 Å². The topological polar surface area (TPSA) is 72.5 Å². The third-order valence-corrected chi connectivity index (χ3v) is 2.14. The quantitative estimate of drug-likeness (QED) is 0.542. The second-order valence-electron chi connectivity index (χ2n) is 2.09. The van der Waals surface area contributed by atoms with E-state index in [0.717, 1.165) is 0 Å². The molecule has 12 heavy (non-hydrogen) atoms. The van der Waals surface area contributed by atoms with Crippen molar-refractivity contribution in [3.8, 4) is 0 Å². The van der Waals surface area contributed by atoms with E-state index in [1.807, 2.05) is 0 Å². The normalized spacial score (nSPS) is 10.4. The largest absolute Gasteiger partial charge is 0.317 e. The summed E-state index contributed by atoms with van der Waals surface area (Å²) in [5, 5.41) is 3.00. The first kappa shape index (κ1) is 8.97. The predicted octanol–water partition coefficient (Wildman–Crippen LogP) is 0.771. The minimum Gasteiger partial charge on any atom is -0.308 e. The van der Waals surface area contributed by atoms with Crippen molar-refractivity contribution < 1.29 is 4.79 Å². The molecule has 1 aromatic carbocycles. The van der Waals surface area contributed by atoms with E-state index in [2.05, 4.69) is 5.18 Å². The number of carbonyl (C=O) groups excluding carboxylic acids is 1. The van der Waals surface area contributed by atoms with E-state index in [9.17, 15) is 9.70 Å². The molecule has 0 bridgehead atoms. The zero-order valence-corrected chi connectivity index (χ0v) is 7.15. The van der Waals surface area contributed by atoms with E-state index in [1.165, 1.54) is 0 Å². The Morgan fingerprint density at radius 1 is 1.42 bits per heavy atom. The average Bonchev–Trinajstić information content (AvgIpc) is 2.16. The lowest BCUT2D eigenvalue weighted by molar-refractivity contribution is 0.100. The van der Waals surface area contributed by atoms with Crippen molar-refractivity contribution >= 4 is 19.9 Å². The van der Waals surface area contributed by atoms with Crippen molar-refractivity contribution in [2.45, 2.75) is 0 Å². The molecular weight excluding hydrogens is 175 g/mol. The number of hydrogen-bond acceptors (Lipinski definition) is 3. The number of benzene rings is 1. The van der Waals surface area contributed by atoms with Crippen molar-refractivity contribution in [2.75, 3.05) is 0 Å². The Balaban J connectivity index is 3.13. The minimum absolute atomic E-state index is 0.00495. The number of nitrogens with zero attached hydrogens (tertiary/aromatic N) is 1. The van der Waals surface area contributed by atoms with Gasteiger partial charge in [0.2, 0.25) is 0 Å². The van der Waals surface area contributed by atoms with Gasteiger partial charge in [-0.1, -0.05) is 18.2 Å². The van der Waals surface area contributed by atoms with Crippen LogP contribution in [0.1, 0.15) is 10.4 Å². The monoisotopic (exact) mass is 182 g/mol. The summed E-state index contributed by atoms with van der Waals surface area (Å²) in [6.07, 6.45) is 0. The smallest absolute Gasteiger partial charge is 0.308 e. The van der Waals surface area contributed by atoms with Crippen molar-refractivity contribution in [1.82, 2.24) is 0 Å². The molecule has 2 N–H and O–H groups in total. The zero-order valence-electron chi connectivity index (χ0n) is 6.15.